The molecular formula is C17H25N3S. The molecule has 1 N–H and O–H groups in total. The second-order valence-electron chi connectivity index (χ2n) is 6.01. The number of hydrogen-bond acceptors (Lipinski definition) is 4. The van der Waals surface area contributed by atoms with Crippen LogP contribution in [0, 0.1) is 26.7 Å². The summed E-state index contributed by atoms with van der Waals surface area (Å²) in [7, 11) is 0. The van der Waals surface area contributed by atoms with E-state index in [0.717, 1.165) is 42.3 Å². The van der Waals surface area contributed by atoms with E-state index >= 15 is 0 Å². The average molecular weight is 303 g/mol. The van der Waals surface area contributed by atoms with Gasteiger partial charge in [-0.2, -0.15) is 11.3 Å². The Kier molecular flexibility index (Phi) is 5.48. The number of rotatable bonds is 6. The van der Waals surface area contributed by atoms with E-state index in [2.05, 4.69) is 50.7 Å². The van der Waals surface area contributed by atoms with Gasteiger partial charge in [-0.3, -0.25) is 0 Å². The topological polar surface area (TPSA) is 37.8 Å². The predicted molar refractivity (Wildman–Crippen MR) is 91.0 cm³/mol. The summed E-state index contributed by atoms with van der Waals surface area (Å²) >= 11 is 1.71. The van der Waals surface area contributed by atoms with Crippen LogP contribution in [0.4, 0.5) is 0 Å². The van der Waals surface area contributed by atoms with E-state index < -0.39 is 0 Å². The number of nitrogens with zero attached hydrogens (tertiary/aromatic N) is 2. The fourth-order valence-corrected chi connectivity index (χ4v) is 3.24. The minimum atomic E-state index is 0.687. The predicted octanol–water partition coefficient (Wildman–Crippen LogP) is 3.92. The van der Waals surface area contributed by atoms with Crippen LogP contribution in [-0.4, -0.2) is 23.1 Å². The van der Waals surface area contributed by atoms with E-state index in [1.54, 1.807) is 11.3 Å². The summed E-state index contributed by atoms with van der Waals surface area (Å²) < 4.78 is 0. The van der Waals surface area contributed by atoms with Crippen molar-refractivity contribution in [2.24, 2.45) is 5.92 Å². The summed E-state index contributed by atoms with van der Waals surface area (Å²) in [6, 6.07) is 0. The second-order valence-corrected chi connectivity index (χ2v) is 6.76. The minimum Gasteiger partial charge on any atom is -0.316 e. The lowest BCUT2D eigenvalue weighted by Gasteiger charge is -2.12. The van der Waals surface area contributed by atoms with Gasteiger partial charge in [-0.25, -0.2) is 9.97 Å². The van der Waals surface area contributed by atoms with Crippen molar-refractivity contribution < 1.29 is 0 Å². The summed E-state index contributed by atoms with van der Waals surface area (Å²) in [5.74, 6) is 1.55. The lowest BCUT2D eigenvalue weighted by atomic mass is 10.1. The van der Waals surface area contributed by atoms with Crippen LogP contribution in [0.3, 0.4) is 0 Å². The standard InChI is InChI=1S/C17H25N3S/c1-11(2)8-18-7-6-15-13(4)19-17(20-14(15)5)16-10-21-9-12(16)3/h9-11,18H,6-8H2,1-5H3. The number of aromatic nitrogens is 2. The molecule has 0 radical (unpaired) electrons. The number of aryl methyl sites for hydroxylation is 3. The average Bonchev–Trinajstić information content (AvgIpc) is 2.82. The first kappa shape index (κ1) is 16.1. The van der Waals surface area contributed by atoms with E-state index in [0.29, 0.717) is 5.92 Å². The molecule has 3 nitrogen and oxygen atoms in total. The summed E-state index contributed by atoms with van der Waals surface area (Å²) in [6.07, 6.45) is 0.993. The number of hydrogen-bond donors (Lipinski definition) is 1. The van der Waals surface area contributed by atoms with Gasteiger partial charge in [-0.1, -0.05) is 13.8 Å². The zero-order valence-corrected chi connectivity index (χ0v) is 14.5. The van der Waals surface area contributed by atoms with Gasteiger partial charge in [0.25, 0.3) is 0 Å². The molecule has 0 unspecified atom stereocenters. The molecule has 0 aliphatic carbocycles. The van der Waals surface area contributed by atoms with Crippen molar-refractivity contribution in [1.29, 1.82) is 0 Å². The van der Waals surface area contributed by atoms with Gasteiger partial charge < -0.3 is 5.32 Å². The molecule has 21 heavy (non-hydrogen) atoms. The van der Waals surface area contributed by atoms with E-state index in [1.807, 2.05) is 0 Å². The van der Waals surface area contributed by atoms with Gasteiger partial charge in [0.1, 0.15) is 0 Å². The van der Waals surface area contributed by atoms with E-state index in [9.17, 15) is 0 Å². The Bertz CT molecular complexity index is 579. The molecule has 2 aromatic heterocycles. The van der Waals surface area contributed by atoms with Crippen LogP contribution >= 0.6 is 11.3 Å². The fraction of sp³-hybridized carbons (Fsp3) is 0.529. The van der Waals surface area contributed by atoms with Crippen molar-refractivity contribution in [3.05, 3.63) is 33.3 Å². The molecule has 0 saturated carbocycles. The Balaban J connectivity index is 2.12. The first-order chi connectivity index (χ1) is 9.99. The number of thiophene rings is 1. The molecule has 0 bridgehead atoms. The normalized spacial score (nSPS) is 11.3. The third kappa shape index (κ3) is 4.11. The van der Waals surface area contributed by atoms with Crippen molar-refractivity contribution in [3.8, 4) is 11.4 Å². The monoisotopic (exact) mass is 303 g/mol. The Morgan fingerprint density at radius 1 is 1.10 bits per heavy atom. The largest absolute Gasteiger partial charge is 0.316 e. The Morgan fingerprint density at radius 2 is 1.76 bits per heavy atom. The maximum absolute atomic E-state index is 4.72. The lowest BCUT2D eigenvalue weighted by molar-refractivity contribution is 0.553. The Hall–Kier alpha value is -1.26. The lowest BCUT2D eigenvalue weighted by Crippen LogP contribution is -2.23. The molecule has 0 aliphatic heterocycles. The van der Waals surface area contributed by atoms with Crippen LogP contribution in [0.25, 0.3) is 11.4 Å². The minimum absolute atomic E-state index is 0.687. The molecule has 2 aromatic rings. The zero-order valence-electron chi connectivity index (χ0n) is 13.7. The fourth-order valence-electron chi connectivity index (χ4n) is 2.42. The van der Waals surface area contributed by atoms with Gasteiger partial charge in [-0.05, 0) is 62.7 Å². The van der Waals surface area contributed by atoms with Crippen molar-refractivity contribution in [2.75, 3.05) is 13.1 Å². The van der Waals surface area contributed by atoms with E-state index in [4.69, 9.17) is 9.97 Å². The molecule has 0 aliphatic rings. The molecule has 0 aromatic carbocycles. The number of nitrogens with one attached hydrogen (secondary N) is 1. The van der Waals surface area contributed by atoms with Crippen LogP contribution in [0.15, 0.2) is 10.8 Å². The molecule has 0 amide bonds. The van der Waals surface area contributed by atoms with Crippen LogP contribution in [0.5, 0.6) is 0 Å². The third-order valence-electron chi connectivity index (χ3n) is 3.62. The first-order valence-corrected chi connectivity index (χ1v) is 8.51. The molecule has 2 heterocycles. The van der Waals surface area contributed by atoms with Gasteiger partial charge in [-0.15, -0.1) is 0 Å². The molecule has 2 rings (SSSR count). The highest BCUT2D eigenvalue weighted by atomic mass is 32.1. The summed E-state index contributed by atoms with van der Waals surface area (Å²) in [4.78, 5) is 9.44. The van der Waals surface area contributed by atoms with E-state index in [-0.39, 0.29) is 0 Å². The van der Waals surface area contributed by atoms with Crippen LogP contribution in [0.1, 0.15) is 36.4 Å². The van der Waals surface area contributed by atoms with E-state index in [1.165, 1.54) is 11.1 Å². The third-order valence-corrected chi connectivity index (χ3v) is 4.48. The van der Waals surface area contributed by atoms with Gasteiger partial charge >= 0.3 is 0 Å². The summed E-state index contributed by atoms with van der Waals surface area (Å²) in [5, 5.41) is 7.76. The molecule has 4 heteroatoms. The van der Waals surface area contributed by atoms with Crippen molar-refractivity contribution in [1.82, 2.24) is 15.3 Å². The van der Waals surface area contributed by atoms with Crippen molar-refractivity contribution in [2.45, 2.75) is 41.0 Å². The van der Waals surface area contributed by atoms with Crippen LogP contribution < -0.4 is 5.32 Å². The molecule has 0 fully saturated rings. The van der Waals surface area contributed by atoms with Gasteiger partial charge in [0.15, 0.2) is 5.82 Å². The first-order valence-electron chi connectivity index (χ1n) is 7.57. The van der Waals surface area contributed by atoms with Crippen LogP contribution in [-0.2, 0) is 6.42 Å². The summed E-state index contributed by atoms with van der Waals surface area (Å²) in [6.45, 7) is 12.8. The molecule has 0 spiro atoms. The van der Waals surface area contributed by atoms with Crippen LogP contribution in [0.2, 0.25) is 0 Å². The van der Waals surface area contributed by atoms with Crippen molar-refractivity contribution >= 4 is 11.3 Å². The molecular weight excluding hydrogens is 278 g/mol. The highest BCUT2D eigenvalue weighted by molar-refractivity contribution is 7.08. The van der Waals surface area contributed by atoms with Gasteiger partial charge in [0.2, 0.25) is 0 Å². The maximum Gasteiger partial charge on any atom is 0.160 e. The molecule has 114 valence electrons. The highest BCUT2D eigenvalue weighted by Gasteiger charge is 2.12. The SMILES string of the molecule is Cc1cscc1-c1nc(C)c(CCNCC(C)C)c(C)n1. The van der Waals surface area contributed by atoms with Gasteiger partial charge in [0.05, 0.1) is 0 Å². The molecule has 0 atom stereocenters. The quantitative estimate of drug-likeness (QED) is 0.822. The highest BCUT2D eigenvalue weighted by Crippen LogP contribution is 2.25. The second kappa shape index (κ2) is 7.14. The summed E-state index contributed by atoms with van der Waals surface area (Å²) in [5.41, 5.74) is 5.91. The Morgan fingerprint density at radius 3 is 2.29 bits per heavy atom. The smallest absolute Gasteiger partial charge is 0.160 e. The Labute approximate surface area is 131 Å². The zero-order chi connectivity index (χ0) is 15.4. The van der Waals surface area contributed by atoms with Gasteiger partial charge in [0, 0.05) is 22.3 Å². The van der Waals surface area contributed by atoms with Crippen molar-refractivity contribution in [3.63, 3.8) is 0 Å². The maximum atomic E-state index is 4.72. The molecule has 0 saturated heterocycles.